The summed E-state index contributed by atoms with van der Waals surface area (Å²) in [6.45, 7) is 1.90. The predicted octanol–water partition coefficient (Wildman–Crippen LogP) is -1.29. The number of likely N-dealkylation sites (tertiary alicyclic amines) is 1. The van der Waals surface area contributed by atoms with Crippen molar-refractivity contribution in [1.29, 1.82) is 0 Å². The number of hydrogen-bond acceptors (Lipinski definition) is 10. The average molecular weight is 506 g/mol. The quantitative estimate of drug-likeness (QED) is 0.255. The van der Waals surface area contributed by atoms with Crippen LogP contribution in [0.4, 0.5) is 5.69 Å². The summed E-state index contributed by atoms with van der Waals surface area (Å²) in [6, 6.07) is 5.13. The van der Waals surface area contributed by atoms with Gasteiger partial charge >= 0.3 is 0 Å². The van der Waals surface area contributed by atoms with E-state index in [9.17, 15) is 34.8 Å². The Bertz CT molecular complexity index is 991. The lowest BCUT2D eigenvalue weighted by atomic mass is 9.99. The molecule has 5 atom stereocenters. The van der Waals surface area contributed by atoms with Crippen molar-refractivity contribution in [2.24, 2.45) is 0 Å². The summed E-state index contributed by atoms with van der Waals surface area (Å²) >= 11 is 0. The van der Waals surface area contributed by atoms with Gasteiger partial charge in [0.05, 0.1) is 12.3 Å². The number of aliphatic hydroxyl groups excluding tert-OH is 4. The first-order chi connectivity index (χ1) is 17.3. The smallest absolute Gasteiger partial charge is 0.253 e. The van der Waals surface area contributed by atoms with Crippen LogP contribution in [-0.4, -0.2) is 105 Å². The Morgan fingerprint density at radius 2 is 1.75 bits per heavy atom. The molecule has 2 fully saturated rings. The van der Waals surface area contributed by atoms with Crippen LogP contribution in [0.5, 0.6) is 5.75 Å². The fourth-order valence-corrected chi connectivity index (χ4v) is 4.44. The van der Waals surface area contributed by atoms with Crippen molar-refractivity contribution in [3.63, 3.8) is 0 Å². The highest BCUT2D eigenvalue weighted by Gasteiger charge is 2.45. The second-order valence-corrected chi connectivity index (χ2v) is 9.09. The van der Waals surface area contributed by atoms with Crippen LogP contribution in [0.3, 0.4) is 0 Å². The predicted molar refractivity (Wildman–Crippen MR) is 124 cm³/mol. The lowest BCUT2D eigenvalue weighted by molar-refractivity contribution is -0.277. The Kier molecular flexibility index (Phi) is 8.34. The first-order valence-electron chi connectivity index (χ1n) is 11.9. The Morgan fingerprint density at radius 1 is 1.06 bits per heavy atom. The standard InChI is InChI=1S/C24H31N3O9/c28-13-17-21(32)22(33)23(34)24(36-17)35-16-4-3-14(12-26-8-1-2-9-26)11-15(16)25-18(29)7-10-27-19(30)5-6-20(27)31/h3-6,11,17,21-24,28,32-34H,1-2,7-10,12-13H2,(H,25,29)/t17-,21-,22+,23+,24+/m1/s1. The van der Waals surface area contributed by atoms with Crippen molar-refractivity contribution in [3.05, 3.63) is 35.9 Å². The molecule has 1 aromatic carbocycles. The number of amides is 3. The van der Waals surface area contributed by atoms with Crippen LogP contribution in [-0.2, 0) is 25.7 Å². The molecule has 12 nitrogen and oxygen atoms in total. The lowest BCUT2D eigenvalue weighted by Gasteiger charge is -2.39. The highest BCUT2D eigenvalue weighted by atomic mass is 16.7. The number of nitrogens with one attached hydrogen (secondary N) is 1. The molecular weight excluding hydrogens is 474 g/mol. The number of aliphatic hydroxyl groups is 4. The Hall–Kier alpha value is -2.87. The second-order valence-electron chi connectivity index (χ2n) is 9.09. The van der Waals surface area contributed by atoms with E-state index in [-0.39, 0.29) is 24.4 Å². The zero-order valence-corrected chi connectivity index (χ0v) is 19.7. The molecule has 3 heterocycles. The van der Waals surface area contributed by atoms with Gasteiger partial charge in [0.25, 0.3) is 11.8 Å². The monoisotopic (exact) mass is 505 g/mol. The van der Waals surface area contributed by atoms with Gasteiger partial charge in [0.2, 0.25) is 12.2 Å². The van der Waals surface area contributed by atoms with Crippen molar-refractivity contribution >= 4 is 23.4 Å². The van der Waals surface area contributed by atoms with Crippen molar-refractivity contribution in [1.82, 2.24) is 9.80 Å². The van der Waals surface area contributed by atoms with Crippen molar-refractivity contribution < 1.29 is 44.3 Å². The third-order valence-corrected chi connectivity index (χ3v) is 6.48. The third kappa shape index (κ3) is 5.91. The first-order valence-corrected chi connectivity index (χ1v) is 11.9. The zero-order valence-electron chi connectivity index (χ0n) is 19.7. The summed E-state index contributed by atoms with van der Waals surface area (Å²) in [5.41, 5.74) is 1.17. The van der Waals surface area contributed by atoms with Gasteiger partial charge in [0.1, 0.15) is 30.2 Å². The minimum atomic E-state index is -1.62. The van der Waals surface area contributed by atoms with Crippen molar-refractivity contribution in [3.8, 4) is 5.75 Å². The summed E-state index contributed by atoms with van der Waals surface area (Å²) in [4.78, 5) is 39.4. The number of ether oxygens (including phenoxy) is 2. The van der Waals surface area contributed by atoms with Crippen LogP contribution in [0, 0.1) is 0 Å². The molecule has 1 aromatic rings. The highest BCUT2D eigenvalue weighted by molar-refractivity contribution is 6.13. The van der Waals surface area contributed by atoms with Crippen molar-refractivity contribution in [2.75, 3.05) is 31.6 Å². The molecule has 5 N–H and O–H groups in total. The molecule has 4 rings (SSSR count). The molecule has 3 aliphatic rings. The van der Waals surface area contributed by atoms with Crippen LogP contribution >= 0.6 is 0 Å². The summed E-state index contributed by atoms with van der Waals surface area (Å²) in [5.74, 6) is -1.30. The van der Waals surface area contributed by atoms with Gasteiger partial charge in [-0.05, 0) is 43.6 Å². The molecule has 0 bridgehead atoms. The van der Waals surface area contributed by atoms with Gasteiger partial charge in [-0.3, -0.25) is 24.2 Å². The SMILES string of the molecule is O=C(CCN1C(=O)C=CC1=O)Nc1cc(CN2CCCC2)ccc1O[C@H]1O[C@H](CO)[C@@H](O)[C@H](O)[C@@H]1O. The van der Waals surface area contributed by atoms with E-state index >= 15 is 0 Å². The van der Waals surface area contributed by atoms with Gasteiger partial charge in [0.15, 0.2) is 0 Å². The summed E-state index contributed by atoms with van der Waals surface area (Å²) < 4.78 is 11.2. The number of carbonyl (C=O) groups is 3. The lowest BCUT2D eigenvalue weighted by Crippen LogP contribution is -2.60. The number of nitrogens with zero attached hydrogens (tertiary/aromatic N) is 2. The molecule has 2 saturated heterocycles. The summed E-state index contributed by atoms with van der Waals surface area (Å²) in [6.07, 6.45) is -2.95. The molecule has 0 aliphatic carbocycles. The van der Waals surface area contributed by atoms with Crippen LogP contribution in [0.15, 0.2) is 30.4 Å². The number of imide groups is 1. The van der Waals surface area contributed by atoms with E-state index in [1.54, 1.807) is 18.2 Å². The molecule has 0 aromatic heterocycles. The van der Waals surface area contributed by atoms with E-state index in [0.717, 1.165) is 48.5 Å². The highest BCUT2D eigenvalue weighted by Crippen LogP contribution is 2.31. The van der Waals surface area contributed by atoms with Crippen LogP contribution in [0.25, 0.3) is 0 Å². The van der Waals surface area contributed by atoms with Gasteiger partial charge in [0, 0.05) is 31.7 Å². The molecule has 3 amide bonds. The van der Waals surface area contributed by atoms with E-state index in [1.807, 2.05) is 0 Å². The molecular formula is C24H31N3O9. The largest absolute Gasteiger partial charge is 0.460 e. The minimum Gasteiger partial charge on any atom is -0.460 e. The third-order valence-electron chi connectivity index (χ3n) is 6.48. The minimum absolute atomic E-state index is 0.0904. The second kappa shape index (κ2) is 11.5. The van der Waals surface area contributed by atoms with E-state index in [4.69, 9.17) is 9.47 Å². The molecule has 36 heavy (non-hydrogen) atoms. The Balaban J connectivity index is 1.49. The zero-order chi connectivity index (χ0) is 25.8. The molecule has 0 spiro atoms. The fourth-order valence-electron chi connectivity index (χ4n) is 4.44. The number of anilines is 1. The molecule has 0 radical (unpaired) electrons. The number of carbonyl (C=O) groups excluding carboxylic acids is 3. The number of benzene rings is 1. The van der Waals surface area contributed by atoms with Crippen LogP contribution in [0.1, 0.15) is 24.8 Å². The average Bonchev–Trinajstić information content (AvgIpc) is 3.48. The molecule has 12 heteroatoms. The topological polar surface area (TPSA) is 169 Å². The molecule has 3 aliphatic heterocycles. The first kappa shape index (κ1) is 26.2. The summed E-state index contributed by atoms with van der Waals surface area (Å²) in [7, 11) is 0. The fraction of sp³-hybridized carbons (Fsp3) is 0.542. The summed E-state index contributed by atoms with van der Waals surface area (Å²) in [5, 5.41) is 42.6. The normalized spacial score (nSPS) is 28.7. The molecule has 0 unspecified atom stereocenters. The number of hydrogen-bond donors (Lipinski definition) is 5. The van der Waals surface area contributed by atoms with Gasteiger partial charge in [-0.1, -0.05) is 6.07 Å². The maximum Gasteiger partial charge on any atom is 0.253 e. The Labute approximate surface area is 207 Å². The van der Waals surface area contributed by atoms with Gasteiger partial charge in [-0.15, -0.1) is 0 Å². The van der Waals surface area contributed by atoms with Crippen LogP contribution in [0.2, 0.25) is 0 Å². The van der Waals surface area contributed by atoms with E-state index < -0.39 is 55.0 Å². The maximum atomic E-state index is 12.7. The van der Waals surface area contributed by atoms with Crippen molar-refractivity contribution in [2.45, 2.75) is 56.5 Å². The molecule has 196 valence electrons. The van der Waals surface area contributed by atoms with Crippen LogP contribution < -0.4 is 10.1 Å². The Morgan fingerprint density at radius 3 is 2.42 bits per heavy atom. The van der Waals surface area contributed by atoms with E-state index in [2.05, 4.69) is 10.2 Å². The van der Waals surface area contributed by atoms with Gasteiger partial charge in [-0.25, -0.2) is 0 Å². The van der Waals surface area contributed by atoms with E-state index in [1.165, 1.54) is 0 Å². The maximum absolute atomic E-state index is 12.7. The molecule has 0 saturated carbocycles. The van der Waals surface area contributed by atoms with Gasteiger partial charge < -0.3 is 35.2 Å². The van der Waals surface area contributed by atoms with E-state index in [0.29, 0.717) is 6.54 Å². The van der Waals surface area contributed by atoms with Gasteiger partial charge in [-0.2, -0.15) is 0 Å². The number of rotatable bonds is 9.